The van der Waals surface area contributed by atoms with Crippen LogP contribution in [0.4, 0.5) is 11.7 Å². The maximum Gasteiger partial charge on any atom is 0.296 e. The highest BCUT2D eigenvalue weighted by Crippen LogP contribution is 2.25. The van der Waals surface area contributed by atoms with E-state index in [4.69, 9.17) is 10.2 Å². The monoisotopic (exact) mass is 260 g/mol. The van der Waals surface area contributed by atoms with E-state index in [1.165, 1.54) is 7.05 Å². The van der Waals surface area contributed by atoms with Gasteiger partial charge in [0.2, 0.25) is 5.91 Å². The van der Waals surface area contributed by atoms with E-state index >= 15 is 0 Å². The molecule has 19 heavy (non-hydrogen) atoms. The third-order valence-electron chi connectivity index (χ3n) is 3.13. The average Bonchev–Trinajstić information content (AvgIpc) is 2.89. The molecule has 2 amide bonds. The molecule has 3 rings (SSSR count). The van der Waals surface area contributed by atoms with Gasteiger partial charge in [-0.3, -0.25) is 14.5 Å². The van der Waals surface area contributed by atoms with Gasteiger partial charge in [-0.15, -0.1) is 0 Å². The van der Waals surface area contributed by atoms with Crippen molar-refractivity contribution in [3.8, 4) is 0 Å². The van der Waals surface area contributed by atoms with Gasteiger partial charge in [0.25, 0.3) is 11.9 Å². The van der Waals surface area contributed by atoms with E-state index in [0.717, 1.165) is 4.90 Å². The van der Waals surface area contributed by atoms with Gasteiger partial charge in [0.1, 0.15) is 11.6 Å². The SMILES string of the molecule is CN1C(=O)CC(Nc2nc3c(N)cccc3o2)C1=O. The molecule has 98 valence electrons. The molecule has 7 heteroatoms. The van der Waals surface area contributed by atoms with Crippen LogP contribution >= 0.6 is 0 Å². The highest BCUT2D eigenvalue weighted by atomic mass is 16.4. The molecule has 0 radical (unpaired) electrons. The van der Waals surface area contributed by atoms with Crippen molar-refractivity contribution >= 4 is 34.6 Å². The summed E-state index contributed by atoms with van der Waals surface area (Å²) >= 11 is 0. The van der Waals surface area contributed by atoms with Crippen LogP contribution in [0.2, 0.25) is 0 Å². The van der Waals surface area contributed by atoms with Crippen LogP contribution in [0, 0.1) is 0 Å². The number of hydrogen-bond acceptors (Lipinski definition) is 6. The van der Waals surface area contributed by atoms with Gasteiger partial charge in [0, 0.05) is 7.05 Å². The van der Waals surface area contributed by atoms with Crippen LogP contribution in [0.15, 0.2) is 22.6 Å². The maximum atomic E-state index is 11.8. The minimum atomic E-state index is -0.633. The summed E-state index contributed by atoms with van der Waals surface area (Å²) in [6.45, 7) is 0. The maximum absolute atomic E-state index is 11.8. The van der Waals surface area contributed by atoms with Crippen LogP contribution in [-0.4, -0.2) is 34.8 Å². The number of nitrogens with zero attached hydrogens (tertiary/aromatic N) is 2. The first-order valence-corrected chi connectivity index (χ1v) is 5.78. The Labute approximate surface area is 108 Å². The van der Waals surface area contributed by atoms with Crippen LogP contribution in [0.5, 0.6) is 0 Å². The van der Waals surface area contributed by atoms with Crippen LogP contribution in [-0.2, 0) is 9.59 Å². The van der Waals surface area contributed by atoms with E-state index in [1.54, 1.807) is 18.2 Å². The van der Waals surface area contributed by atoms with Crippen molar-refractivity contribution in [1.82, 2.24) is 9.88 Å². The zero-order valence-electron chi connectivity index (χ0n) is 10.2. The number of fused-ring (bicyclic) bond motifs is 1. The summed E-state index contributed by atoms with van der Waals surface area (Å²) in [5, 5.41) is 2.82. The molecular formula is C12H12N4O3. The molecular weight excluding hydrogens is 248 g/mol. The quantitative estimate of drug-likeness (QED) is 0.605. The number of nitrogen functional groups attached to an aromatic ring is 1. The largest absolute Gasteiger partial charge is 0.423 e. The highest BCUT2D eigenvalue weighted by molar-refractivity contribution is 6.06. The van der Waals surface area contributed by atoms with E-state index in [9.17, 15) is 9.59 Å². The molecule has 1 aliphatic rings. The summed E-state index contributed by atoms with van der Waals surface area (Å²) < 4.78 is 5.45. The third kappa shape index (κ3) is 1.79. The van der Waals surface area contributed by atoms with Gasteiger partial charge < -0.3 is 15.5 Å². The smallest absolute Gasteiger partial charge is 0.296 e. The first-order valence-electron chi connectivity index (χ1n) is 5.78. The number of aromatic nitrogens is 1. The third-order valence-corrected chi connectivity index (χ3v) is 3.13. The Kier molecular flexibility index (Phi) is 2.41. The molecule has 1 saturated heterocycles. The van der Waals surface area contributed by atoms with Gasteiger partial charge in [-0.2, -0.15) is 4.98 Å². The second-order valence-electron chi connectivity index (χ2n) is 4.41. The van der Waals surface area contributed by atoms with Gasteiger partial charge >= 0.3 is 0 Å². The highest BCUT2D eigenvalue weighted by Gasteiger charge is 2.36. The number of nitrogens with two attached hydrogens (primary N) is 1. The Hall–Kier alpha value is -2.57. The number of imide groups is 1. The number of anilines is 2. The molecule has 1 aromatic carbocycles. The van der Waals surface area contributed by atoms with Crippen LogP contribution in [0.25, 0.3) is 11.1 Å². The predicted octanol–water partition coefficient (Wildman–Crippen LogP) is 0.579. The molecule has 0 aliphatic carbocycles. The van der Waals surface area contributed by atoms with Crippen molar-refractivity contribution in [3.05, 3.63) is 18.2 Å². The molecule has 0 spiro atoms. The van der Waals surface area contributed by atoms with E-state index in [0.29, 0.717) is 16.8 Å². The summed E-state index contributed by atoms with van der Waals surface area (Å²) in [5.74, 6) is -0.515. The predicted molar refractivity (Wildman–Crippen MR) is 68.2 cm³/mol. The van der Waals surface area contributed by atoms with Crippen molar-refractivity contribution in [3.63, 3.8) is 0 Å². The first kappa shape index (κ1) is 11.5. The molecule has 3 N–H and O–H groups in total. The number of amides is 2. The standard InChI is InChI=1S/C12H12N4O3/c1-16-9(17)5-7(11(16)18)14-12-15-10-6(13)3-2-4-8(10)19-12/h2-4,7H,5,13H2,1H3,(H,14,15). The normalized spacial score (nSPS) is 19.4. The van der Waals surface area contributed by atoms with Crippen molar-refractivity contribution in [2.24, 2.45) is 0 Å². The second kappa shape index (κ2) is 3.98. The van der Waals surface area contributed by atoms with Gasteiger partial charge in [-0.1, -0.05) is 6.07 Å². The topological polar surface area (TPSA) is 101 Å². The number of hydrogen-bond donors (Lipinski definition) is 2. The zero-order valence-corrected chi connectivity index (χ0v) is 10.2. The summed E-state index contributed by atoms with van der Waals surface area (Å²) in [5.41, 5.74) is 7.34. The average molecular weight is 260 g/mol. The lowest BCUT2D eigenvalue weighted by atomic mass is 10.2. The number of para-hydroxylation sites is 1. The lowest BCUT2D eigenvalue weighted by Gasteiger charge is -2.08. The van der Waals surface area contributed by atoms with Crippen LogP contribution < -0.4 is 11.1 Å². The Balaban J connectivity index is 1.88. The number of likely N-dealkylation sites (N-methyl/N-ethyl adjacent to an activating group) is 1. The van der Waals surface area contributed by atoms with Gasteiger partial charge in [-0.25, -0.2) is 0 Å². The number of rotatable bonds is 2. The number of likely N-dealkylation sites (tertiary alicyclic amines) is 1. The second-order valence-corrected chi connectivity index (χ2v) is 4.41. The Morgan fingerprint density at radius 1 is 1.47 bits per heavy atom. The van der Waals surface area contributed by atoms with E-state index < -0.39 is 6.04 Å². The van der Waals surface area contributed by atoms with Crippen molar-refractivity contribution in [2.45, 2.75) is 12.5 Å². The Morgan fingerprint density at radius 3 is 2.89 bits per heavy atom. The molecule has 1 aliphatic heterocycles. The molecule has 2 aromatic rings. The Morgan fingerprint density at radius 2 is 2.26 bits per heavy atom. The van der Waals surface area contributed by atoms with Gasteiger partial charge in [0.05, 0.1) is 12.1 Å². The minimum Gasteiger partial charge on any atom is -0.423 e. The zero-order chi connectivity index (χ0) is 13.6. The van der Waals surface area contributed by atoms with Gasteiger partial charge in [0.15, 0.2) is 5.58 Å². The van der Waals surface area contributed by atoms with Crippen molar-refractivity contribution in [1.29, 1.82) is 0 Å². The number of nitrogens with one attached hydrogen (secondary N) is 1. The molecule has 1 atom stereocenters. The van der Waals surface area contributed by atoms with Crippen molar-refractivity contribution in [2.75, 3.05) is 18.1 Å². The molecule has 7 nitrogen and oxygen atoms in total. The van der Waals surface area contributed by atoms with E-state index in [2.05, 4.69) is 10.3 Å². The summed E-state index contributed by atoms with van der Waals surface area (Å²) in [4.78, 5) is 28.4. The lowest BCUT2D eigenvalue weighted by Crippen LogP contribution is -2.31. The number of benzene rings is 1. The number of carbonyl (C=O) groups is 2. The molecule has 2 heterocycles. The fraction of sp³-hybridized carbons (Fsp3) is 0.250. The molecule has 1 unspecified atom stereocenters. The molecule has 1 aromatic heterocycles. The first-order chi connectivity index (χ1) is 9.06. The number of carbonyl (C=O) groups excluding carboxylic acids is 2. The van der Waals surface area contributed by atoms with Crippen LogP contribution in [0.3, 0.4) is 0 Å². The van der Waals surface area contributed by atoms with E-state index in [-0.39, 0.29) is 24.2 Å². The van der Waals surface area contributed by atoms with Gasteiger partial charge in [-0.05, 0) is 12.1 Å². The molecule has 1 fully saturated rings. The van der Waals surface area contributed by atoms with Crippen molar-refractivity contribution < 1.29 is 14.0 Å². The summed E-state index contributed by atoms with van der Waals surface area (Å²) in [6.07, 6.45) is 0.101. The summed E-state index contributed by atoms with van der Waals surface area (Å²) in [6, 6.07) is 4.76. The summed E-state index contributed by atoms with van der Waals surface area (Å²) in [7, 11) is 1.45. The van der Waals surface area contributed by atoms with Crippen LogP contribution in [0.1, 0.15) is 6.42 Å². The molecule has 0 bridgehead atoms. The number of oxazole rings is 1. The lowest BCUT2D eigenvalue weighted by molar-refractivity contribution is -0.136. The molecule has 0 saturated carbocycles. The fourth-order valence-corrected chi connectivity index (χ4v) is 2.05. The Bertz CT molecular complexity index is 679. The minimum absolute atomic E-state index is 0.101. The fourth-order valence-electron chi connectivity index (χ4n) is 2.05. The van der Waals surface area contributed by atoms with E-state index in [1.807, 2.05) is 0 Å².